The first kappa shape index (κ1) is 14.0. The Kier molecular flexibility index (Phi) is 2.98. The average Bonchev–Trinajstić information content (AvgIpc) is 2.76. The summed E-state index contributed by atoms with van der Waals surface area (Å²) in [5.41, 5.74) is 0.457. The third-order valence-electron chi connectivity index (χ3n) is 8.11. The zero-order valence-electron chi connectivity index (χ0n) is 13.9. The molecule has 4 aliphatic rings. The van der Waals surface area contributed by atoms with Crippen LogP contribution in [0.25, 0.3) is 0 Å². The summed E-state index contributed by atoms with van der Waals surface area (Å²) >= 11 is 0. The lowest BCUT2D eigenvalue weighted by Gasteiger charge is -2.58. The van der Waals surface area contributed by atoms with E-state index in [1.54, 1.807) is 0 Å². The normalized spacial score (nSPS) is 55.8. The van der Waals surface area contributed by atoms with E-state index in [2.05, 4.69) is 32.9 Å². The number of hydrogen-bond acceptors (Lipinski definition) is 1. The molecular weight excluding hydrogens is 256 g/mol. The van der Waals surface area contributed by atoms with E-state index < -0.39 is 0 Å². The Morgan fingerprint density at radius 3 is 2.71 bits per heavy atom. The minimum absolute atomic E-state index is 0.0377. The highest BCUT2D eigenvalue weighted by atomic mass is 16.1. The maximum absolute atomic E-state index is 12.4. The quantitative estimate of drug-likeness (QED) is 0.572. The van der Waals surface area contributed by atoms with Crippen molar-refractivity contribution in [2.75, 3.05) is 0 Å². The van der Waals surface area contributed by atoms with Crippen LogP contribution in [-0.2, 0) is 4.79 Å². The van der Waals surface area contributed by atoms with E-state index in [0.29, 0.717) is 17.1 Å². The largest absolute Gasteiger partial charge is 0.299 e. The van der Waals surface area contributed by atoms with E-state index in [9.17, 15) is 4.79 Å². The summed E-state index contributed by atoms with van der Waals surface area (Å²) in [4.78, 5) is 12.4. The summed E-state index contributed by atoms with van der Waals surface area (Å²) in [6.07, 6.45) is 13.7. The fourth-order valence-corrected chi connectivity index (χ4v) is 6.77. The molecule has 0 unspecified atom stereocenters. The first-order valence-corrected chi connectivity index (χ1v) is 9.18. The Morgan fingerprint density at radius 1 is 1.10 bits per heavy atom. The number of ketones is 1. The first-order valence-electron chi connectivity index (χ1n) is 9.18. The summed E-state index contributed by atoms with van der Waals surface area (Å²) in [6, 6.07) is 0. The van der Waals surface area contributed by atoms with Crippen LogP contribution in [0.2, 0.25) is 0 Å². The van der Waals surface area contributed by atoms with Crippen molar-refractivity contribution < 1.29 is 4.79 Å². The number of rotatable bonds is 0. The fraction of sp³-hybridized carbons (Fsp3) is 0.850. The second-order valence-electron chi connectivity index (χ2n) is 9.01. The number of hydrogen-bond donors (Lipinski definition) is 0. The molecule has 3 fully saturated rings. The van der Waals surface area contributed by atoms with Gasteiger partial charge in [-0.2, -0.15) is 0 Å². The maximum Gasteiger partial charge on any atom is 0.139 e. The van der Waals surface area contributed by atoms with Gasteiger partial charge in [0.15, 0.2) is 0 Å². The van der Waals surface area contributed by atoms with Gasteiger partial charge in [0.1, 0.15) is 5.78 Å². The molecule has 3 saturated carbocycles. The van der Waals surface area contributed by atoms with Crippen molar-refractivity contribution in [2.24, 2.45) is 40.4 Å². The van der Waals surface area contributed by atoms with Crippen molar-refractivity contribution in [3.63, 3.8) is 0 Å². The van der Waals surface area contributed by atoms with Crippen molar-refractivity contribution in [2.45, 2.75) is 65.7 Å². The molecule has 0 amide bonds. The zero-order chi connectivity index (χ0) is 14.8. The minimum Gasteiger partial charge on any atom is -0.299 e. The standard InChI is InChI=1S/C20H30O/c1-13-8-10-19(2)14(12-13)4-5-15-16-6-7-18(21)20(16,3)11-9-17(15)19/h8,10,13-17H,4-7,9,11-12H2,1-3H3/t13-,14-,15-,16-,17-,19-,20-/m0/s1. The van der Waals surface area contributed by atoms with Gasteiger partial charge in [-0.15, -0.1) is 0 Å². The first-order chi connectivity index (χ1) is 9.95. The molecule has 7 atom stereocenters. The molecule has 4 rings (SSSR count). The molecule has 0 aliphatic heterocycles. The van der Waals surface area contributed by atoms with Gasteiger partial charge in [-0.05, 0) is 73.5 Å². The molecule has 0 saturated heterocycles. The van der Waals surface area contributed by atoms with E-state index in [1.165, 1.54) is 32.1 Å². The van der Waals surface area contributed by atoms with Crippen LogP contribution in [0.4, 0.5) is 0 Å². The molecule has 116 valence electrons. The number of Topliss-reactive ketones (excluding diaryl/α,β-unsaturated/α-hetero) is 1. The molecule has 0 heterocycles. The lowest BCUT2D eigenvalue weighted by atomic mass is 9.46. The molecule has 0 spiro atoms. The lowest BCUT2D eigenvalue weighted by molar-refractivity contribution is -0.134. The Morgan fingerprint density at radius 2 is 1.90 bits per heavy atom. The Labute approximate surface area is 129 Å². The van der Waals surface area contributed by atoms with E-state index in [1.807, 2.05) is 0 Å². The summed E-state index contributed by atoms with van der Waals surface area (Å²) in [7, 11) is 0. The van der Waals surface area contributed by atoms with Crippen LogP contribution in [0.3, 0.4) is 0 Å². The molecule has 0 aromatic rings. The highest BCUT2D eigenvalue weighted by Crippen LogP contribution is 2.64. The van der Waals surface area contributed by atoms with E-state index in [-0.39, 0.29) is 5.41 Å². The maximum atomic E-state index is 12.4. The molecule has 0 aromatic heterocycles. The van der Waals surface area contributed by atoms with Gasteiger partial charge in [-0.3, -0.25) is 4.79 Å². The van der Waals surface area contributed by atoms with E-state index >= 15 is 0 Å². The zero-order valence-corrected chi connectivity index (χ0v) is 13.9. The minimum atomic E-state index is 0.0377. The molecule has 1 nitrogen and oxygen atoms in total. The van der Waals surface area contributed by atoms with Gasteiger partial charge < -0.3 is 0 Å². The molecule has 0 bridgehead atoms. The van der Waals surface area contributed by atoms with Crippen LogP contribution in [0.5, 0.6) is 0 Å². The SMILES string of the molecule is C[C@H]1C=C[C@@]2(C)[C@@H](CC[C@@H]3[C@@H]2CC[C@]2(C)C(=O)CC[C@@H]32)C1. The fourth-order valence-electron chi connectivity index (χ4n) is 6.77. The van der Waals surface area contributed by atoms with Crippen molar-refractivity contribution >= 4 is 5.78 Å². The topological polar surface area (TPSA) is 17.1 Å². The van der Waals surface area contributed by atoms with Gasteiger partial charge in [0.05, 0.1) is 0 Å². The molecule has 0 aromatic carbocycles. The van der Waals surface area contributed by atoms with Crippen LogP contribution in [-0.4, -0.2) is 5.78 Å². The number of carbonyl (C=O) groups is 1. The van der Waals surface area contributed by atoms with Crippen LogP contribution in [0.1, 0.15) is 65.7 Å². The van der Waals surface area contributed by atoms with Gasteiger partial charge in [-0.1, -0.05) is 32.9 Å². The van der Waals surface area contributed by atoms with Gasteiger partial charge in [-0.25, -0.2) is 0 Å². The van der Waals surface area contributed by atoms with Crippen LogP contribution >= 0.6 is 0 Å². The summed E-state index contributed by atoms with van der Waals surface area (Å²) in [6.45, 7) is 7.20. The Bertz CT molecular complexity index is 492. The molecule has 1 heteroatoms. The summed E-state index contributed by atoms with van der Waals surface area (Å²) in [5.74, 6) is 4.57. The number of fused-ring (bicyclic) bond motifs is 5. The van der Waals surface area contributed by atoms with Crippen LogP contribution < -0.4 is 0 Å². The number of carbonyl (C=O) groups excluding carboxylic acids is 1. The highest BCUT2D eigenvalue weighted by Gasteiger charge is 2.59. The predicted molar refractivity (Wildman–Crippen MR) is 85.8 cm³/mol. The Balaban J connectivity index is 1.68. The van der Waals surface area contributed by atoms with Crippen molar-refractivity contribution in [1.29, 1.82) is 0 Å². The molecular formula is C20H30O. The molecule has 21 heavy (non-hydrogen) atoms. The third-order valence-corrected chi connectivity index (χ3v) is 8.11. The molecule has 4 aliphatic carbocycles. The summed E-state index contributed by atoms with van der Waals surface area (Å²) in [5, 5.41) is 0. The van der Waals surface area contributed by atoms with Crippen molar-refractivity contribution in [3.05, 3.63) is 12.2 Å². The second-order valence-corrected chi connectivity index (χ2v) is 9.01. The van der Waals surface area contributed by atoms with Crippen LogP contribution in [0, 0.1) is 40.4 Å². The van der Waals surface area contributed by atoms with Crippen LogP contribution in [0.15, 0.2) is 12.2 Å². The molecule has 0 N–H and O–H groups in total. The lowest BCUT2D eigenvalue weighted by Crippen LogP contribution is -2.52. The van der Waals surface area contributed by atoms with Gasteiger partial charge in [0, 0.05) is 11.8 Å². The van der Waals surface area contributed by atoms with E-state index in [4.69, 9.17) is 0 Å². The number of allylic oxidation sites excluding steroid dienone is 2. The van der Waals surface area contributed by atoms with Gasteiger partial charge >= 0.3 is 0 Å². The highest BCUT2D eigenvalue weighted by molar-refractivity contribution is 5.87. The van der Waals surface area contributed by atoms with Gasteiger partial charge in [0.2, 0.25) is 0 Å². The summed E-state index contributed by atoms with van der Waals surface area (Å²) < 4.78 is 0. The second kappa shape index (κ2) is 4.46. The third kappa shape index (κ3) is 1.79. The van der Waals surface area contributed by atoms with Crippen molar-refractivity contribution in [3.8, 4) is 0 Å². The smallest absolute Gasteiger partial charge is 0.139 e. The predicted octanol–water partition coefficient (Wildman–Crippen LogP) is 5.01. The van der Waals surface area contributed by atoms with Crippen molar-refractivity contribution in [1.82, 2.24) is 0 Å². The monoisotopic (exact) mass is 286 g/mol. The van der Waals surface area contributed by atoms with Gasteiger partial charge in [0.25, 0.3) is 0 Å². The Hall–Kier alpha value is -0.590. The molecule has 0 radical (unpaired) electrons. The average molecular weight is 286 g/mol. The van der Waals surface area contributed by atoms with E-state index in [0.717, 1.165) is 36.5 Å².